The van der Waals surface area contributed by atoms with E-state index in [0.29, 0.717) is 33.9 Å². The zero-order valence-corrected chi connectivity index (χ0v) is 12.3. The van der Waals surface area contributed by atoms with Crippen LogP contribution in [0.15, 0.2) is 53.1 Å². The summed E-state index contributed by atoms with van der Waals surface area (Å²) in [5, 5.41) is 21.9. The van der Waals surface area contributed by atoms with E-state index in [4.69, 9.17) is 19.8 Å². The molecule has 0 radical (unpaired) electrons. The summed E-state index contributed by atoms with van der Waals surface area (Å²) in [6.45, 7) is 0. The van der Waals surface area contributed by atoms with Crippen LogP contribution in [-0.4, -0.2) is 12.3 Å². The molecule has 3 aromatic rings. The zero-order valence-electron chi connectivity index (χ0n) is 12.3. The average Bonchev–Trinajstić information content (AvgIpc) is 3.11. The molecule has 0 bridgehead atoms. The van der Waals surface area contributed by atoms with Crippen molar-refractivity contribution >= 4 is 0 Å². The Hall–Kier alpha value is -3.57. The number of hydrogen-bond donors (Lipinski definition) is 0. The van der Waals surface area contributed by atoms with E-state index in [9.17, 15) is 0 Å². The van der Waals surface area contributed by atoms with Crippen LogP contribution in [-0.2, 0) is 0 Å². The summed E-state index contributed by atoms with van der Waals surface area (Å²) >= 11 is 0. The van der Waals surface area contributed by atoms with Crippen molar-refractivity contribution in [3.8, 4) is 40.5 Å². The van der Waals surface area contributed by atoms with Crippen LogP contribution in [0.2, 0.25) is 0 Å². The molecule has 0 spiro atoms. The van der Waals surface area contributed by atoms with Gasteiger partial charge in [-0.2, -0.15) is 10.5 Å². The lowest BCUT2D eigenvalue weighted by atomic mass is 10.1. The molecular formula is C18H11N3O2. The highest BCUT2D eigenvalue weighted by molar-refractivity contribution is 5.72. The van der Waals surface area contributed by atoms with Gasteiger partial charge in [-0.25, -0.2) is 0 Å². The summed E-state index contributed by atoms with van der Waals surface area (Å²) in [7, 11) is 1.56. The molecule has 0 aliphatic rings. The van der Waals surface area contributed by atoms with E-state index < -0.39 is 0 Å². The van der Waals surface area contributed by atoms with Gasteiger partial charge in [0.05, 0.1) is 30.4 Å². The summed E-state index contributed by atoms with van der Waals surface area (Å²) in [6, 6.07) is 18.1. The molecule has 3 rings (SSSR count). The number of benzene rings is 2. The number of ether oxygens (including phenoxy) is 1. The largest absolute Gasteiger partial charge is 0.496 e. The molecule has 0 saturated heterocycles. The van der Waals surface area contributed by atoms with Gasteiger partial charge in [0, 0.05) is 17.2 Å². The molecule has 110 valence electrons. The molecule has 0 aliphatic heterocycles. The minimum absolute atomic E-state index is 0.517. The average molecular weight is 301 g/mol. The third kappa shape index (κ3) is 2.76. The number of aromatic nitrogens is 1. The van der Waals surface area contributed by atoms with Crippen molar-refractivity contribution in [1.82, 2.24) is 5.16 Å². The fraction of sp³-hybridized carbons (Fsp3) is 0.0556. The predicted molar refractivity (Wildman–Crippen MR) is 83.4 cm³/mol. The van der Waals surface area contributed by atoms with E-state index in [2.05, 4.69) is 17.3 Å². The summed E-state index contributed by atoms with van der Waals surface area (Å²) in [5.74, 6) is 1.19. The van der Waals surface area contributed by atoms with Crippen LogP contribution >= 0.6 is 0 Å². The molecule has 0 N–H and O–H groups in total. The van der Waals surface area contributed by atoms with Crippen molar-refractivity contribution in [2.75, 3.05) is 7.11 Å². The summed E-state index contributed by atoms with van der Waals surface area (Å²) in [5.41, 5.74) is 3.19. The lowest BCUT2D eigenvalue weighted by Gasteiger charge is -2.05. The van der Waals surface area contributed by atoms with Gasteiger partial charge in [-0.3, -0.25) is 0 Å². The standard InChI is InChI=1S/C18H11N3O2/c1-22-17-7-4-13(11-20)8-15(17)16-9-18(23-21-16)14-5-2-12(10-19)3-6-14/h2-9H,1H3. The lowest BCUT2D eigenvalue weighted by Crippen LogP contribution is -1.89. The van der Waals surface area contributed by atoms with Gasteiger partial charge < -0.3 is 9.26 Å². The number of nitriles is 2. The van der Waals surface area contributed by atoms with Crippen LogP contribution in [0.5, 0.6) is 5.75 Å². The maximum Gasteiger partial charge on any atom is 0.167 e. The maximum atomic E-state index is 9.04. The minimum atomic E-state index is 0.517. The Balaban J connectivity index is 2.02. The van der Waals surface area contributed by atoms with Crippen molar-refractivity contribution in [2.45, 2.75) is 0 Å². The highest BCUT2D eigenvalue weighted by atomic mass is 16.5. The second-order valence-electron chi connectivity index (χ2n) is 4.79. The number of nitrogens with zero attached hydrogens (tertiary/aromatic N) is 3. The number of methoxy groups -OCH3 is 1. The van der Waals surface area contributed by atoms with Crippen molar-refractivity contribution in [3.63, 3.8) is 0 Å². The summed E-state index contributed by atoms with van der Waals surface area (Å²) in [6.07, 6.45) is 0. The monoisotopic (exact) mass is 301 g/mol. The van der Waals surface area contributed by atoms with Crippen LogP contribution < -0.4 is 4.74 Å². The number of rotatable bonds is 3. The van der Waals surface area contributed by atoms with Gasteiger partial charge in [0.15, 0.2) is 5.76 Å². The highest BCUT2D eigenvalue weighted by Crippen LogP contribution is 2.32. The number of hydrogen-bond acceptors (Lipinski definition) is 5. The Bertz CT molecular complexity index is 928. The molecule has 0 amide bonds. The van der Waals surface area contributed by atoms with Crippen molar-refractivity contribution in [3.05, 3.63) is 59.7 Å². The SMILES string of the molecule is COc1ccc(C#N)cc1-c1cc(-c2ccc(C#N)cc2)on1. The fourth-order valence-electron chi connectivity index (χ4n) is 2.22. The van der Waals surface area contributed by atoms with Gasteiger partial charge in [-0.1, -0.05) is 5.16 Å². The normalized spacial score (nSPS) is 9.87. The van der Waals surface area contributed by atoms with E-state index in [1.54, 1.807) is 55.6 Å². The topological polar surface area (TPSA) is 82.8 Å². The van der Waals surface area contributed by atoms with E-state index >= 15 is 0 Å². The molecule has 1 heterocycles. The molecule has 23 heavy (non-hydrogen) atoms. The van der Waals surface area contributed by atoms with Gasteiger partial charge in [0.2, 0.25) is 0 Å². The zero-order chi connectivity index (χ0) is 16.2. The van der Waals surface area contributed by atoms with Gasteiger partial charge in [0.25, 0.3) is 0 Å². The molecule has 0 saturated carbocycles. The van der Waals surface area contributed by atoms with Gasteiger partial charge in [0.1, 0.15) is 11.4 Å². The Morgan fingerprint density at radius 3 is 2.30 bits per heavy atom. The van der Waals surface area contributed by atoms with Gasteiger partial charge >= 0.3 is 0 Å². The Morgan fingerprint density at radius 2 is 1.65 bits per heavy atom. The van der Waals surface area contributed by atoms with Crippen molar-refractivity contribution < 1.29 is 9.26 Å². The maximum absolute atomic E-state index is 9.04. The molecule has 0 atom stereocenters. The van der Waals surface area contributed by atoms with Crippen molar-refractivity contribution in [2.24, 2.45) is 0 Å². The molecule has 5 heteroatoms. The first-order valence-electron chi connectivity index (χ1n) is 6.81. The molecule has 0 unspecified atom stereocenters. The van der Waals surface area contributed by atoms with E-state index in [-0.39, 0.29) is 0 Å². The van der Waals surface area contributed by atoms with Crippen molar-refractivity contribution in [1.29, 1.82) is 10.5 Å². The first-order chi connectivity index (χ1) is 11.2. The minimum Gasteiger partial charge on any atom is -0.496 e. The molecule has 1 aromatic heterocycles. The van der Waals surface area contributed by atoms with E-state index in [1.807, 2.05) is 0 Å². The van der Waals surface area contributed by atoms with Gasteiger partial charge in [-0.05, 0) is 42.5 Å². The first-order valence-corrected chi connectivity index (χ1v) is 6.81. The van der Waals surface area contributed by atoms with E-state index in [1.165, 1.54) is 0 Å². The third-order valence-electron chi connectivity index (χ3n) is 3.41. The fourth-order valence-corrected chi connectivity index (χ4v) is 2.22. The Labute approximate surface area is 133 Å². The summed E-state index contributed by atoms with van der Waals surface area (Å²) < 4.78 is 10.7. The third-order valence-corrected chi connectivity index (χ3v) is 3.41. The van der Waals surface area contributed by atoms with E-state index in [0.717, 1.165) is 5.56 Å². The molecular weight excluding hydrogens is 290 g/mol. The van der Waals surface area contributed by atoms with Crippen LogP contribution in [0.1, 0.15) is 11.1 Å². The molecule has 0 fully saturated rings. The predicted octanol–water partition coefficient (Wildman–Crippen LogP) is 3.76. The quantitative estimate of drug-likeness (QED) is 0.735. The Kier molecular flexibility index (Phi) is 3.78. The van der Waals surface area contributed by atoms with Gasteiger partial charge in [-0.15, -0.1) is 0 Å². The second-order valence-corrected chi connectivity index (χ2v) is 4.79. The second kappa shape index (κ2) is 6.05. The Morgan fingerprint density at radius 1 is 0.957 bits per heavy atom. The molecule has 0 aliphatic carbocycles. The summed E-state index contributed by atoms with van der Waals surface area (Å²) in [4.78, 5) is 0. The molecule has 5 nitrogen and oxygen atoms in total. The van der Waals surface area contributed by atoms with Crippen LogP contribution in [0.25, 0.3) is 22.6 Å². The lowest BCUT2D eigenvalue weighted by molar-refractivity contribution is 0.413. The molecule has 2 aromatic carbocycles. The van der Waals surface area contributed by atoms with Crippen LogP contribution in [0.4, 0.5) is 0 Å². The van der Waals surface area contributed by atoms with Crippen LogP contribution in [0.3, 0.4) is 0 Å². The van der Waals surface area contributed by atoms with Crippen LogP contribution in [0, 0.1) is 22.7 Å². The highest BCUT2D eigenvalue weighted by Gasteiger charge is 2.13. The first kappa shape index (κ1) is 14.4. The smallest absolute Gasteiger partial charge is 0.167 e.